The molecule has 7 heteroatoms. The lowest BCUT2D eigenvalue weighted by Gasteiger charge is -2.45. The van der Waals surface area contributed by atoms with Crippen LogP contribution in [0.5, 0.6) is 0 Å². The minimum atomic E-state index is -3.57. The average molecular weight is 343 g/mol. The van der Waals surface area contributed by atoms with Gasteiger partial charge in [-0.15, -0.1) is 0 Å². The molecule has 23 heavy (non-hydrogen) atoms. The van der Waals surface area contributed by atoms with Crippen molar-refractivity contribution in [3.8, 4) is 0 Å². The van der Waals surface area contributed by atoms with Crippen LogP contribution in [-0.2, 0) is 19.5 Å². The molecule has 128 valence electrons. The maximum atomic E-state index is 13.0. The van der Waals surface area contributed by atoms with Crippen LogP contribution < -0.4 is 0 Å². The molecule has 2 aliphatic heterocycles. The maximum Gasteiger partial charge on any atom is 0.243 e. The summed E-state index contributed by atoms with van der Waals surface area (Å²) in [5.41, 5.74) is -0.270. The summed E-state index contributed by atoms with van der Waals surface area (Å²) in [4.78, 5) is 0.134. The Kier molecular flexibility index (Phi) is 4.73. The van der Waals surface area contributed by atoms with Gasteiger partial charge in [-0.2, -0.15) is 4.31 Å². The molecule has 0 bridgehead atoms. The zero-order valence-corrected chi connectivity index (χ0v) is 14.0. The van der Waals surface area contributed by atoms with Crippen LogP contribution in [0.15, 0.2) is 29.2 Å². The molecule has 1 spiro atoms. The Morgan fingerprint density at radius 3 is 2.52 bits per heavy atom. The van der Waals surface area contributed by atoms with E-state index >= 15 is 0 Å². The Bertz CT molecular complexity index is 639. The highest BCUT2D eigenvalue weighted by atomic mass is 32.2. The number of hydrogen-bond acceptors (Lipinski definition) is 4. The lowest BCUT2D eigenvalue weighted by molar-refractivity contribution is -0.144. The van der Waals surface area contributed by atoms with Gasteiger partial charge in [-0.3, -0.25) is 0 Å². The smallest absolute Gasteiger partial charge is 0.243 e. The van der Waals surface area contributed by atoms with E-state index in [4.69, 9.17) is 9.47 Å². The number of sulfonamides is 1. The second-order valence-corrected chi connectivity index (χ2v) is 8.18. The quantitative estimate of drug-likeness (QED) is 0.844. The molecule has 1 aromatic rings. The topological polar surface area (TPSA) is 55.8 Å². The van der Waals surface area contributed by atoms with Gasteiger partial charge in [-0.25, -0.2) is 12.8 Å². The van der Waals surface area contributed by atoms with Crippen LogP contribution >= 0.6 is 0 Å². The number of nitrogens with zero attached hydrogens (tertiary/aromatic N) is 1. The van der Waals surface area contributed by atoms with Crippen LogP contribution in [-0.4, -0.2) is 51.2 Å². The minimum absolute atomic E-state index is 0.134. The molecule has 0 N–H and O–H groups in total. The number of ether oxygens (including phenoxy) is 2. The normalized spacial score (nSPS) is 25.6. The van der Waals surface area contributed by atoms with Gasteiger partial charge in [0.1, 0.15) is 5.82 Å². The van der Waals surface area contributed by atoms with Crippen molar-refractivity contribution in [2.75, 3.05) is 26.8 Å². The molecule has 0 radical (unpaired) electrons. The highest BCUT2D eigenvalue weighted by Gasteiger charge is 2.42. The largest absolute Gasteiger partial charge is 0.381 e. The number of hydrogen-bond donors (Lipinski definition) is 0. The van der Waals surface area contributed by atoms with Gasteiger partial charge in [-0.05, 0) is 43.5 Å². The number of piperidine rings is 1. The van der Waals surface area contributed by atoms with Crippen LogP contribution in [0.2, 0.25) is 0 Å². The third-order valence-corrected chi connectivity index (χ3v) is 6.78. The second kappa shape index (κ2) is 6.47. The van der Waals surface area contributed by atoms with Gasteiger partial charge in [0.25, 0.3) is 0 Å². The second-order valence-electron chi connectivity index (χ2n) is 6.24. The molecule has 0 aromatic heterocycles. The molecule has 3 rings (SSSR count). The summed E-state index contributed by atoms with van der Waals surface area (Å²) in [5, 5.41) is 0. The number of halogens is 1. The molecule has 1 unspecified atom stereocenters. The molecular weight excluding hydrogens is 321 g/mol. The van der Waals surface area contributed by atoms with Crippen LogP contribution in [0.1, 0.15) is 25.7 Å². The first-order valence-corrected chi connectivity index (χ1v) is 9.32. The van der Waals surface area contributed by atoms with Gasteiger partial charge < -0.3 is 9.47 Å². The molecular formula is C16H22FNO4S. The minimum Gasteiger partial charge on any atom is -0.381 e. The van der Waals surface area contributed by atoms with Crippen LogP contribution in [0.3, 0.4) is 0 Å². The van der Waals surface area contributed by atoms with E-state index in [1.807, 2.05) is 0 Å². The van der Waals surface area contributed by atoms with Crippen molar-refractivity contribution < 1.29 is 22.3 Å². The summed E-state index contributed by atoms with van der Waals surface area (Å²) in [6.07, 6.45) is 3.20. The Balaban J connectivity index is 1.70. The van der Waals surface area contributed by atoms with Crippen LogP contribution in [0.25, 0.3) is 0 Å². The van der Waals surface area contributed by atoms with Gasteiger partial charge in [0, 0.05) is 33.2 Å². The predicted octanol–water partition coefficient (Wildman–Crippen LogP) is 2.17. The molecule has 0 aliphatic carbocycles. The number of methoxy groups -OCH3 is 1. The molecule has 2 fully saturated rings. The SMILES string of the molecule is COC1CCOC2(CCN(S(=O)(=O)c3ccc(F)cc3)CC2)C1. The van der Waals surface area contributed by atoms with Gasteiger partial charge in [0.15, 0.2) is 0 Å². The molecule has 2 aliphatic rings. The lowest BCUT2D eigenvalue weighted by Crippen LogP contribution is -2.51. The first-order chi connectivity index (χ1) is 11.0. The predicted molar refractivity (Wildman–Crippen MR) is 83.1 cm³/mol. The van der Waals surface area contributed by atoms with Gasteiger partial charge in [0.2, 0.25) is 10.0 Å². The van der Waals surface area contributed by atoms with Gasteiger partial charge in [-0.1, -0.05) is 0 Å². The number of benzene rings is 1. The fourth-order valence-electron chi connectivity index (χ4n) is 3.42. The zero-order chi connectivity index (χ0) is 16.5. The Morgan fingerprint density at radius 2 is 1.91 bits per heavy atom. The molecule has 0 saturated carbocycles. The molecule has 2 heterocycles. The Hall–Kier alpha value is -1.02. The van der Waals surface area contributed by atoms with Crippen LogP contribution in [0, 0.1) is 5.82 Å². The molecule has 2 saturated heterocycles. The van der Waals surface area contributed by atoms with Crippen molar-refractivity contribution in [1.82, 2.24) is 4.31 Å². The first-order valence-electron chi connectivity index (χ1n) is 7.88. The monoisotopic (exact) mass is 343 g/mol. The van der Waals surface area contributed by atoms with E-state index in [-0.39, 0.29) is 16.6 Å². The van der Waals surface area contributed by atoms with Crippen molar-refractivity contribution in [3.63, 3.8) is 0 Å². The van der Waals surface area contributed by atoms with Crippen molar-refractivity contribution in [1.29, 1.82) is 0 Å². The van der Waals surface area contributed by atoms with Crippen molar-refractivity contribution in [2.45, 2.75) is 42.3 Å². The standard InChI is InChI=1S/C16H22FNO4S/c1-21-14-6-11-22-16(12-14)7-9-18(10-8-16)23(19,20)15-4-2-13(17)3-5-15/h2-5,14H,6-12H2,1H3. The highest BCUT2D eigenvalue weighted by molar-refractivity contribution is 7.89. The van der Waals surface area contributed by atoms with E-state index in [1.165, 1.54) is 28.6 Å². The molecule has 5 nitrogen and oxygen atoms in total. The summed E-state index contributed by atoms with van der Waals surface area (Å²) >= 11 is 0. The van der Waals surface area contributed by atoms with Crippen LogP contribution in [0.4, 0.5) is 4.39 Å². The van der Waals surface area contributed by atoms with Gasteiger partial charge >= 0.3 is 0 Å². The van der Waals surface area contributed by atoms with E-state index in [1.54, 1.807) is 7.11 Å². The van der Waals surface area contributed by atoms with E-state index < -0.39 is 15.8 Å². The fourth-order valence-corrected chi connectivity index (χ4v) is 4.86. The Labute approximate surface area is 136 Å². The Morgan fingerprint density at radius 1 is 1.26 bits per heavy atom. The van der Waals surface area contributed by atoms with Gasteiger partial charge in [0.05, 0.1) is 16.6 Å². The fraction of sp³-hybridized carbons (Fsp3) is 0.625. The molecule has 1 atom stereocenters. The first kappa shape index (κ1) is 16.8. The van der Waals surface area contributed by atoms with E-state index in [0.717, 1.165) is 12.8 Å². The van der Waals surface area contributed by atoms with E-state index in [0.29, 0.717) is 32.5 Å². The summed E-state index contributed by atoms with van der Waals surface area (Å²) < 4.78 is 51.1. The molecule has 0 amide bonds. The highest BCUT2D eigenvalue weighted by Crippen LogP contribution is 2.37. The van der Waals surface area contributed by atoms with E-state index in [9.17, 15) is 12.8 Å². The van der Waals surface area contributed by atoms with Crippen molar-refractivity contribution in [3.05, 3.63) is 30.1 Å². The third-order valence-electron chi connectivity index (χ3n) is 4.87. The summed E-state index contributed by atoms with van der Waals surface area (Å²) in [6, 6.07) is 4.97. The van der Waals surface area contributed by atoms with E-state index in [2.05, 4.69) is 0 Å². The summed E-state index contributed by atoms with van der Waals surface area (Å²) in [7, 11) is -1.87. The average Bonchev–Trinajstić information content (AvgIpc) is 2.56. The summed E-state index contributed by atoms with van der Waals surface area (Å²) in [6.45, 7) is 1.48. The lowest BCUT2D eigenvalue weighted by atomic mass is 9.84. The van der Waals surface area contributed by atoms with Crippen molar-refractivity contribution in [2.24, 2.45) is 0 Å². The zero-order valence-electron chi connectivity index (χ0n) is 13.2. The third kappa shape index (κ3) is 3.42. The number of rotatable bonds is 3. The summed E-state index contributed by atoms with van der Waals surface area (Å²) in [5.74, 6) is -0.442. The molecule has 1 aromatic carbocycles. The maximum absolute atomic E-state index is 13.0. The van der Waals surface area contributed by atoms with Crippen molar-refractivity contribution >= 4 is 10.0 Å².